The average molecular weight is 511 g/mol. The molecule has 1 aromatic heterocycles. The number of aromatic nitrogens is 2. The highest BCUT2D eigenvalue weighted by atomic mass is 35.5. The van der Waals surface area contributed by atoms with Gasteiger partial charge in [0.05, 0.1) is 28.1 Å². The molecule has 0 amide bonds. The fourth-order valence-electron chi connectivity index (χ4n) is 3.23. The summed E-state index contributed by atoms with van der Waals surface area (Å²) < 4.78 is 33.7. The lowest BCUT2D eigenvalue weighted by atomic mass is 10.2. The number of hydrogen-bond donors (Lipinski definition) is 2. The van der Waals surface area contributed by atoms with Gasteiger partial charge in [-0.15, -0.1) is 0 Å². The SMILES string of the molecule is CCCOC(=O)c1ccc(Nc2nc3cc(C)ccc3nc2NS(=O)(=O)c2ccc(Cl)cc2)cc1. The number of ether oxygens (including phenoxy) is 1. The van der Waals surface area contributed by atoms with Crippen LogP contribution in [0.25, 0.3) is 11.0 Å². The number of aryl methyl sites for hydroxylation is 1. The van der Waals surface area contributed by atoms with Gasteiger partial charge in [-0.05, 0) is 79.6 Å². The van der Waals surface area contributed by atoms with Crippen molar-refractivity contribution in [1.82, 2.24) is 9.97 Å². The number of hydrogen-bond acceptors (Lipinski definition) is 7. The van der Waals surface area contributed by atoms with Gasteiger partial charge in [-0.1, -0.05) is 24.6 Å². The molecule has 3 aromatic carbocycles. The van der Waals surface area contributed by atoms with E-state index in [0.717, 1.165) is 12.0 Å². The molecule has 0 fully saturated rings. The lowest BCUT2D eigenvalue weighted by Gasteiger charge is -2.14. The summed E-state index contributed by atoms with van der Waals surface area (Å²) in [4.78, 5) is 21.2. The van der Waals surface area contributed by atoms with Crippen LogP contribution in [0.4, 0.5) is 17.3 Å². The summed E-state index contributed by atoms with van der Waals surface area (Å²) in [6.45, 7) is 4.20. The number of fused-ring (bicyclic) bond motifs is 1. The predicted molar refractivity (Wildman–Crippen MR) is 137 cm³/mol. The van der Waals surface area contributed by atoms with Crippen LogP contribution in [0.5, 0.6) is 0 Å². The van der Waals surface area contributed by atoms with E-state index < -0.39 is 16.0 Å². The van der Waals surface area contributed by atoms with Gasteiger partial charge in [0.15, 0.2) is 11.6 Å². The lowest BCUT2D eigenvalue weighted by molar-refractivity contribution is 0.0505. The van der Waals surface area contributed by atoms with Crippen LogP contribution in [0.15, 0.2) is 71.6 Å². The number of rotatable bonds is 8. The Morgan fingerprint density at radius 3 is 2.31 bits per heavy atom. The second kappa shape index (κ2) is 10.3. The number of carbonyl (C=O) groups is 1. The standard InChI is InChI=1S/C25H23ClN4O4S/c1-3-14-34-25(31)17-5-9-19(10-6-17)27-23-24(28-21-13-4-16(2)15-22(21)29-23)30-35(32,33)20-11-7-18(26)8-12-20/h4-13,15H,3,14H2,1-2H3,(H,27,29)(H,28,30). The largest absolute Gasteiger partial charge is 0.462 e. The molecule has 2 N–H and O–H groups in total. The molecular formula is C25H23ClN4O4S. The van der Waals surface area contributed by atoms with E-state index in [0.29, 0.717) is 33.9 Å². The number of carbonyl (C=O) groups excluding carboxylic acids is 1. The molecule has 10 heteroatoms. The van der Waals surface area contributed by atoms with E-state index in [1.165, 1.54) is 24.3 Å². The summed E-state index contributed by atoms with van der Waals surface area (Å²) in [5, 5.41) is 3.53. The molecule has 0 aliphatic heterocycles. The van der Waals surface area contributed by atoms with E-state index in [-0.39, 0.29) is 16.5 Å². The molecule has 0 saturated heterocycles. The van der Waals surface area contributed by atoms with Gasteiger partial charge in [0.2, 0.25) is 0 Å². The predicted octanol–water partition coefficient (Wildman–Crippen LogP) is 5.70. The first-order valence-electron chi connectivity index (χ1n) is 10.9. The average Bonchev–Trinajstić information content (AvgIpc) is 2.83. The van der Waals surface area contributed by atoms with Crippen LogP contribution >= 0.6 is 11.6 Å². The Kier molecular flexibility index (Phi) is 7.18. The maximum atomic E-state index is 13.0. The van der Waals surface area contributed by atoms with Gasteiger partial charge >= 0.3 is 5.97 Å². The Hall–Kier alpha value is -3.69. The van der Waals surface area contributed by atoms with Crippen LogP contribution in [0.3, 0.4) is 0 Å². The third kappa shape index (κ3) is 5.87. The second-order valence-electron chi connectivity index (χ2n) is 7.81. The highest BCUT2D eigenvalue weighted by Gasteiger charge is 2.19. The van der Waals surface area contributed by atoms with Crippen molar-refractivity contribution in [2.24, 2.45) is 0 Å². The first kappa shape index (κ1) is 24.4. The van der Waals surface area contributed by atoms with Crippen molar-refractivity contribution in [3.8, 4) is 0 Å². The van der Waals surface area contributed by atoms with Crippen molar-refractivity contribution in [3.63, 3.8) is 0 Å². The zero-order chi connectivity index (χ0) is 25.0. The third-order valence-electron chi connectivity index (χ3n) is 5.00. The Morgan fingerprint density at radius 2 is 1.63 bits per heavy atom. The topological polar surface area (TPSA) is 110 Å². The Balaban J connectivity index is 1.68. The number of esters is 1. The Labute approximate surface area is 208 Å². The number of nitrogens with zero attached hydrogens (tertiary/aromatic N) is 2. The van der Waals surface area contributed by atoms with Gasteiger partial charge < -0.3 is 10.1 Å². The minimum Gasteiger partial charge on any atom is -0.462 e. The molecule has 180 valence electrons. The van der Waals surface area contributed by atoms with Crippen molar-refractivity contribution < 1.29 is 17.9 Å². The summed E-state index contributed by atoms with van der Waals surface area (Å²) in [6, 6.07) is 17.9. The molecular weight excluding hydrogens is 488 g/mol. The summed E-state index contributed by atoms with van der Waals surface area (Å²) in [6.07, 6.45) is 0.736. The van der Waals surface area contributed by atoms with Crippen molar-refractivity contribution in [2.45, 2.75) is 25.2 Å². The summed E-state index contributed by atoms with van der Waals surface area (Å²) >= 11 is 5.89. The van der Waals surface area contributed by atoms with Gasteiger partial charge in [0.1, 0.15) is 0 Å². The molecule has 0 saturated carbocycles. The van der Waals surface area contributed by atoms with Crippen molar-refractivity contribution in [2.75, 3.05) is 16.6 Å². The lowest BCUT2D eigenvalue weighted by Crippen LogP contribution is -2.16. The molecule has 0 aliphatic carbocycles. The van der Waals surface area contributed by atoms with E-state index in [1.54, 1.807) is 30.3 Å². The first-order chi connectivity index (χ1) is 16.7. The van der Waals surface area contributed by atoms with Gasteiger partial charge in [-0.2, -0.15) is 0 Å². The fraction of sp³-hybridized carbons (Fsp3) is 0.160. The van der Waals surface area contributed by atoms with Gasteiger partial charge in [-0.3, -0.25) is 4.72 Å². The number of halogens is 1. The van der Waals surface area contributed by atoms with Gasteiger partial charge in [0.25, 0.3) is 10.0 Å². The van der Waals surface area contributed by atoms with E-state index >= 15 is 0 Å². The van der Waals surface area contributed by atoms with Crippen molar-refractivity contribution in [3.05, 3.63) is 82.9 Å². The normalized spacial score (nSPS) is 11.3. The molecule has 1 heterocycles. The van der Waals surface area contributed by atoms with Crippen LogP contribution in [0, 0.1) is 6.92 Å². The smallest absolute Gasteiger partial charge is 0.338 e. The highest BCUT2D eigenvalue weighted by molar-refractivity contribution is 7.92. The first-order valence-corrected chi connectivity index (χ1v) is 12.7. The zero-order valence-electron chi connectivity index (χ0n) is 19.1. The third-order valence-corrected chi connectivity index (χ3v) is 6.60. The molecule has 4 aromatic rings. The van der Waals surface area contributed by atoms with Crippen LogP contribution in [0.2, 0.25) is 5.02 Å². The number of sulfonamides is 1. The minimum atomic E-state index is -3.96. The second-order valence-corrected chi connectivity index (χ2v) is 9.93. The molecule has 0 unspecified atom stereocenters. The van der Waals surface area contributed by atoms with Crippen LogP contribution in [-0.4, -0.2) is 31.0 Å². The van der Waals surface area contributed by atoms with Crippen LogP contribution in [0.1, 0.15) is 29.3 Å². The van der Waals surface area contributed by atoms with Crippen molar-refractivity contribution >= 4 is 56.0 Å². The van der Waals surface area contributed by atoms with Gasteiger partial charge in [-0.25, -0.2) is 23.2 Å². The van der Waals surface area contributed by atoms with E-state index in [9.17, 15) is 13.2 Å². The minimum absolute atomic E-state index is 0.0303. The number of benzene rings is 3. The van der Waals surface area contributed by atoms with E-state index in [4.69, 9.17) is 16.3 Å². The van der Waals surface area contributed by atoms with Crippen LogP contribution < -0.4 is 10.0 Å². The monoisotopic (exact) mass is 510 g/mol. The summed E-state index contributed by atoms with van der Waals surface area (Å²) in [5.41, 5.74) is 3.12. The highest BCUT2D eigenvalue weighted by Crippen LogP contribution is 2.28. The summed E-state index contributed by atoms with van der Waals surface area (Å²) in [7, 11) is -3.96. The Morgan fingerprint density at radius 1 is 0.943 bits per heavy atom. The number of nitrogens with one attached hydrogen (secondary N) is 2. The maximum Gasteiger partial charge on any atom is 0.338 e. The molecule has 0 spiro atoms. The molecule has 0 radical (unpaired) electrons. The molecule has 0 aliphatic rings. The molecule has 0 bridgehead atoms. The molecule has 4 rings (SSSR count). The molecule has 35 heavy (non-hydrogen) atoms. The quantitative estimate of drug-likeness (QED) is 0.292. The summed E-state index contributed by atoms with van der Waals surface area (Å²) in [5.74, 6) is -0.166. The molecule has 0 atom stereocenters. The van der Waals surface area contributed by atoms with E-state index in [2.05, 4.69) is 20.0 Å². The zero-order valence-corrected chi connectivity index (χ0v) is 20.7. The molecule has 8 nitrogen and oxygen atoms in total. The van der Waals surface area contributed by atoms with Crippen LogP contribution in [-0.2, 0) is 14.8 Å². The van der Waals surface area contributed by atoms with Gasteiger partial charge in [0, 0.05) is 10.7 Å². The number of anilines is 3. The fourth-order valence-corrected chi connectivity index (χ4v) is 4.36. The maximum absolute atomic E-state index is 13.0. The van der Waals surface area contributed by atoms with E-state index in [1.807, 2.05) is 26.0 Å². The van der Waals surface area contributed by atoms with Crippen molar-refractivity contribution in [1.29, 1.82) is 0 Å². The Bertz CT molecular complexity index is 1470.